The predicted molar refractivity (Wildman–Crippen MR) is 83.3 cm³/mol. The molecule has 2 rings (SSSR count). The largest absolute Gasteiger partial charge is 0.349 e. The van der Waals surface area contributed by atoms with E-state index in [4.69, 9.17) is 0 Å². The van der Waals surface area contributed by atoms with Crippen molar-refractivity contribution in [3.63, 3.8) is 0 Å². The molecule has 0 atom stereocenters. The highest BCUT2D eigenvalue weighted by molar-refractivity contribution is 6.05. The van der Waals surface area contributed by atoms with Crippen LogP contribution in [0.3, 0.4) is 0 Å². The summed E-state index contributed by atoms with van der Waals surface area (Å²) in [6.45, 7) is 3.82. The fraction of sp³-hybridized carbons (Fsp3) is 0.0588. The molecule has 0 heterocycles. The lowest BCUT2D eigenvalue weighted by Crippen LogP contribution is -2.23. The predicted octanol–water partition coefficient (Wildman–Crippen LogP) is 3.13. The number of para-hydroxylation sites is 1. The SMILES string of the molecule is C=CCNC(=O)c1ccc(C(=O)Nc2c(F)cccc2F)cc1. The number of amides is 2. The molecule has 0 fully saturated rings. The molecule has 2 amide bonds. The third-order valence-electron chi connectivity index (χ3n) is 3.02. The van der Waals surface area contributed by atoms with Gasteiger partial charge >= 0.3 is 0 Å². The van der Waals surface area contributed by atoms with Crippen molar-refractivity contribution in [2.24, 2.45) is 0 Å². The first-order chi connectivity index (χ1) is 11.0. The topological polar surface area (TPSA) is 58.2 Å². The quantitative estimate of drug-likeness (QED) is 0.833. The van der Waals surface area contributed by atoms with E-state index in [-0.39, 0.29) is 11.5 Å². The number of carbonyl (C=O) groups excluding carboxylic acids is 2. The lowest BCUT2D eigenvalue weighted by molar-refractivity contribution is 0.0956. The number of anilines is 1. The third kappa shape index (κ3) is 4.00. The molecule has 0 unspecified atom stereocenters. The first-order valence-electron chi connectivity index (χ1n) is 6.77. The summed E-state index contributed by atoms with van der Waals surface area (Å²) in [5, 5.41) is 4.77. The van der Waals surface area contributed by atoms with E-state index in [9.17, 15) is 18.4 Å². The monoisotopic (exact) mass is 316 g/mol. The van der Waals surface area contributed by atoms with Gasteiger partial charge in [-0.2, -0.15) is 0 Å². The maximum absolute atomic E-state index is 13.5. The molecule has 0 saturated carbocycles. The van der Waals surface area contributed by atoms with Gasteiger partial charge in [-0.25, -0.2) is 8.78 Å². The molecule has 0 saturated heterocycles. The Kier molecular flexibility index (Phi) is 5.19. The van der Waals surface area contributed by atoms with Crippen molar-refractivity contribution in [3.8, 4) is 0 Å². The summed E-state index contributed by atoms with van der Waals surface area (Å²) in [5.74, 6) is -2.71. The Labute approximate surface area is 131 Å². The van der Waals surface area contributed by atoms with E-state index in [0.717, 1.165) is 12.1 Å². The van der Waals surface area contributed by atoms with Crippen molar-refractivity contribution in [1.29, 1.82) is 0 Å². The van der Waals surface area contributed by atoms with Crippen molar-refractivity contribution < 1.29 is 18.4 Å². The van der Waals surface area contributed by atoms with Gasteiger partial charge in [-0.1, -0.05) is 12.1 Å². The minimum Gasteiger partial charge on any atom is -0.349 e. The van der Waals surface area contributed by atoms with E-state index in [1.54, 1.807) is 6.08 Å². The standard InChI is InChI=1S/C17H14F2N2O2/c1-2-10-20-16(22)11-6-8-12(9-7-11)17(23)21-15-13(18)4-3-5-14(15)19/h2-9H,1,10H2,(H,20,22)(H,21,23). The normalized spacial score (nSPS) is 10.0. The van der Waals surface area contributed by atoms with Crippen LogP contribution in [0.5, 0.6) is 0 Å². The van der Waals surface area contributed by atoms with Crippen LogP contribution in [-0.4, -0.2) is 18.4 Å². The maximum atomic E-state index is 13.5. The van der Waals surface area contributed by atoms with E-state index in [1.807, 2.05) is 0 Å². The van der Waals surface area contributed by atoms with Crippen molar-refractivity contribution in [1.82, 2.24) is 5.32 Å². The average molecular weight is 316 g/mol. The zero-order valence-electron chi connectivity index (χ0n) is 12.1. The van der Waals surface area contributed by atoms with Gasteiger partial charge in [0.15, 0.2) is 0 Å². The van der Waals surface area contributed by atoms with E-state index in [0.29, 0.717) is 12.1 Å². The Morgan fingerprint density at radius 1 is 0.957 bits per heavy atom. The molecule has 6 heteroatoms. The van der Waals surface area contributed by atoms with E-state index in [1.165, 1.54) is 30.3 Å². The Hall–Kier alpha value is -3.02. The van der Waals surface area contributed by atoms with Crippen LogP contribution in [0.15, 0.2) is 55.1 Å². The van der Waals surface area contributed by atoms with Gasteiger partial charge in [0, 0.05) is 17.7 Å². The van der Waals surface area contributed by atoms with Gasteiger partial charge in [0.05, 0.1) is 0 Å². The smallest absolute Gasteiger partial charge is 0.255 e. The molecule has 23 heavy (non-hydrogen) atoms. The van der Waals surface area contributed by atoms with E-state index >= 15 is 0 Å². The van der Waals surface area contributed by atoms with Crippen LogP contribution in [0.1, 0.15) is 20.7 Å². The molecule has 0 aliphatic rings. The number of benzene rings is 2. The van der Waals surface area contributed by atoms with Gasteiger partial charge in [-0.05, 0) is 36.4 Å². The number of halogens is 2. The van der Waals surface area contributed by atoms with Gasteiger partial charge in [0.25, 0.3) is 11.8 Å². The third-order valence-corrected chi connectivity index (χ3v) is 3.02. The van der Waals surface area contributed by atoms with Crippen molar-refractivity contribution in [2.45, 2.75) is 0 Å². The van der Waals surface area contributed by atoms with Gasteiger partial charge < -0.3 is 10.6 Å². The minimum absolute atomic E-state index is 0.174. The minimum atomic E-state index is -0.862. The lowest BCUT2D eigenvalue weighted by Gasteiger charge is -2.08. The summed E-state index contributed by atoms with van der Waals surface area (Å²) in [6.07, 6.45) is 1.54. The zero-order chi connectivity index (χ0) is 16.8. The molecule has 2 N–H and O–H groups in total. The Morgan fingerprint density at radius 3 is 2.00 bits per heavy atom. The van der Waals surface area contributed by atoms with Crippen LogP contribution in [0.2, 0.25) is 0 Å². The highest BCUT2D eigenvalue weighted by atomic mass is 19.1. The second-order valence-electron chi connectivity index (χ2n) is 4.63. The molecule has 0 aliphatic heterocycles. The Bertz CT molecular complexity index is 723. The van der Waals surface area contributed by atoms with Crippen molar-refractivity contribution in [2.75, 3.05) is 11.9 Å². The fourth-order valence-electron chi connectivity index (χ4n) is 1.84. The Balaban J connectivity index is 2.11. The van der Waals surface area contributed by atoms with Gasteiger partial charge in [0.1, 0.15) is 17.3 Å². The van der Waals surface area contributed by atoms with Crippen LogP contribution in [0, 0.1) is 11.6 Å². The zero-order valence-corrected chi connectivity index (χ0v) is 12.1. The molecular weight excluding hydrogens is 302 g/mol. The van der Waals surface area contributed by atoms with E-state index in [2.05, 4.69) is 17.2 Å². The summed E-state index contributed by atoms with van der Waals surface area (Å²) in [5.41, 5.74) is 0.0266. The van der Waals surface area contributed by atoms with Crippen molar-refractivity contribution >= 4 is 17.5 Å². The number of hydrogen-bond acceptors (Lipinski definition) is 2. The van der Waals surface area contributed by atoms with Gasteiger partial charge in [-0.3, -0.25) is 9.59 Å². The molecule has 0 bridgehead atoms. The summed E-state index contributed by atoms with van der Waals surface area (Å²) in [4.78, 5) is 23.7. The summed E-state index contributed by atoms with van der Waals surface area (Å²) >= 11 is 0. The highest BCUT2D eigenvalue weighted by Gasteiger charge is 2.14. The summed E-state index contributed by atoms with van der Waals surface area (Å²) in [6, 6.07) is 9.00. The molecule has 0 aliphatic carbocycles. The maximum Gasteiger partial charge on any atom is 0.255 e. The number of rotatable bonds is 5. The molecule has 118 valence electrons. The van der Waals surface area contributed by atoms with Gasteiger partial charge in [-0.15, -0.1) is 6.58 Å². The van der Waals surface area contributed by atoms with Gasteiger partial charge in [0.2, 0.25) is 0 Å². The summed E-state index contributed by atoms with van der Waals surface area (Å²) in [7, 11) is 0. The summed E-state index contributed by atoms with van der Waals surface area (Å²) < 4.78 is 27.0. The van der Waals surface area contributed by atoms with Crippen molar-refractivity contribution in [3.05, 3.63) is 77.9 Å². The molecule has 4 nitrogen and oxygen atoms in total. The molecule has 0 spiro atoms. The number of nitrogens with one attached hydrogen (secondary N) is 2. The second-order valence-corrected chi connectivity index (χ2v) is 4.63. The second kappa shape index (κ2) is 7.31. The van der Waals surface area contributed by atoms with Crippen LogP contribution in [-0.2, 0) is 0 Å². The highest BCUT2D eigenvalue weighted by Crippen LogP contribution is 2.19. The van der Waals surface area contributed by atoms with E-state index < -0.39 is 23.2 Å². The van der Waals surface area contributed by atoms with Crippen LogP contribution >= 0.6 is 0 Å². The van der Waals surface area contributed by atoms with Crippen LogP contribution in [0.4, 0.5) is 14.5 Å². The molecular formula is C17H14F2N2O2. The van der Waals surface area contributed by atoms with Crippen LogP contribution < -0.4 is 10.6 Å². The number of hydrogen-bond donors (Lipinski definition) is 2. The fourth-order valence-corrected chi connectivity index (χ4v) is 1.84. The number of carbonyl (C=O) groups is 2. The first-order valence-corrected chi connectivity index (χ1v) is 6.77. The Morgan fingerprint density at radius 2 is 1.48 bits per heavy atom. The molecule has 2 aromatic rings. The van der Waals surface area contributed by atoms with Crippen LogP contribution in [0.25, 0.3) is 0 Å². The first kappa shape index (κ1) is 16.4. The molecule has 0 radical (unpaired) electrons. The molecule has 2 aromatic carbocycles. The average Bonchev–Trinajstić information content (AvgIpc) is 2.56. The lowest BCUT2D eigenvalue weighted by atomic mass is 10.1. The molecule has 0 aromatic heterocycles.